The third kappa shape index (κ3) is 4.71. The Kier molecular flexibility index (Phi) is 5.93. The van der Waals surface area contributed by atoms with Crippen LogP contribution in [0, 0.1) is 6.92 Å². The zero-order valence-corrected chi connectivity index (χ0v) is 17.9. The number of nitrogens with zero attached hydrogens (tertiary/aromatic N) is 1. The number of aryl methyl sites for hydroxylation is 1. The number of fused-ring (bicyclic) bond motifs is 1. The molecule has 1 amide bonds. The van der Waals surface area contributed by atoms with Gasteiger partial charge in [-0.05, 0) is 37.3 Å². The van der Waals surface area contributed by atoms with Gasteiger partial charge >= 0.3 is 5.97 Å². The van der Waals surface area contributed by atoms with Crippen LogP contribution in [0.4, 0.5) is 5.69 Å². The van der Waals surface area contributed by atoms with E-state index in [0.29, 0.717) is 27.6 Å². The van der Waals surface area contributed by atoms with Crippen molar-refractivity contribution in [2.45, 2.75) is 6.92 Å². The van der Waals surface area contributed by atoms with E-state index in [0.717, 1.165) is 16.6 Å². The molecule has 0 unspecified atom stereocenters. The molecule has 1 aromatic heterocycles. The molecule has 8 heteroatoms. The molecule has 6 nitrogen and oxygen atoms in total. The van der Waals surface area contributed by atoms with Crippen LogP contribution in [-0.4, -0.2) is 28.5 Å². The minimum atomic E-state index is -0.624. The zero-order chi connectivity index (χ0) is 22.0. The first-order valence-corrected chi connectivity index (χ1v) is 10.1. The zero-order valence-electron chi connectivity index (χ0n) is 16.4. The van der Waals surface area contributed by atoms with Crippen LogP contribution in [0.3, 0.4) is 0 Å². The van der Waals surface area contributed by atoms with Gasteiger partial charge in [-0.15, -0.1) is 0 Å². The maximum Gasteiger partial charge on any atom is 0.338 e. The molecule has 156 valence electrons. The van der Waals surface area contributed by atoms with E-state index in [1.807, 2.05) is 31.2 Å². The van der Waals surface area contributed by atoms with Gasteiger partial charge in [0.2, 0.25) is 0 Å². The molecule has 0 radical (unpaired) electrons. The molecule has 0 bridgehead atoms. The first-order valence-electron chi connectivity index (χ1n) is 9.38. The second kappa shape index (κ2) is 8.79. The quantitative estimate of drug-likeness (QED) is 0.382. The van der Waals surface area contributed by atoms with Crippen molar-refractivity contribution in [2.75, 3.05) is 11.9 Å². The summed E-state index contributed by atoms with van der Waals surface area (Å²) >= 11 is 12.0. The molecule has 0 aliphatic heterocycles. The number of amides is 1. The molecule has 4 rings (SSSR count). The van der Waals surface area contributed by atoms with E-state index in [1.54, 1.807) is 36.4 Å². The Morgan fingerprint density at radius 2 is 1.84 bits per heavy atom. The van der Waals surface area contributed by atoms with Gasteiger partial charge in [0.1, 0.15) is 5.82 Å². The van der Waals surface area contributed by atoms with Crippen LogP contribution >= 0.6 is 23.2 Å². The van der Waals surface area contributed by atoms with Crippen molar-refractivity contribution in [1.82, 2.24) is 9.97 Å². The van der Waals surface area contributed by atoms with Gasteiger partial charge in [0, 0.05) is 5.56 Å². The summed E-state index contributed by atoms with van der Waals surface area (Å²) in [6, 6.07) is 17.8. The van der Waals surface area contributed by atoms with Crippen LogP contribution in [-0.2, 0) is 9.53 Å². The largest absolute Gasteiger partial charge is 0.452 e. The van der Waals surface area contributed by atoms with Gasteiger partial charge < -0.3 is 15.0 Å². The Bertz CT molecular complexity index is 1280. The fourth-order valence-electron chi connectivity index (χ4n) is 2.99. The molecular weight excluding hydrogens is 437 g/mol. The normalized spacial score (nSPS) is 10.8. The van der Waals surface area contributed by atoms with Crippen molar-refractivity contribution in [1.29, 1.82) is 0 Å². The van der Waals surface area contributed by atoms with E-state index in [-0.39, 0.29) is 5.02 Å². The smallest absolute Gasteiger partial charge is 0.338 e. The van der Waals surface area contributed by atoms with E-state index >= 15 is 0 Å². The lowest BCUT2D eigenvalue weighted by Crippen LogP contribution is -2.21. The van der Waals surface area contributed by atoms with Crippen LogP contribution < -0.4 is 5.32 Å². The lowest BCUT2D eigenvalue weighted by Gasteiger charge is -2.09. The van der Waals surface area contributed by atoms with Crippen LogP contribution in [0.15, 0.2) is 60.7 Å². The Labute approximate surface area is 188 Å². The molecule has 31 heavy (non-hydrogen) atoms. The van der Waals surface area contributed by atoms with E-state index in [1.165, 1.54) is 0 Å². The average Bonchev–Trinajstić information content (AvgIpc) is 3.19. The summed E-state index contributed by atoms with van der Waals surface area (Å²) in [4.78, 5) is 32.3. The highest BCUT2D eigenvalue weighted by Gasteiger charge is 2.14. The van der Waals surface area contributed by atoms with Gasteiger partial charge in [-0.3, -0.25) is 4.79 Å². The molecule has 3 aromatic carbocycles. The fraction of sp³-hybridized carbons (Fsp3) is 0.0870. The van der Waals surface area contributed by atoms with E-state index in [4.69, 9.17) is 27.9 Å². The summed E-state index contributed by atoms with van der Waals surface area (Å²) in [7, 11) is 0. The number of esters is 1. The minimum Gasteiger partial charge on any atom is -0.452 e. The standard InChI is InChI=1S/C23H17Cl2N3O3/c1-13-5-7-14(8-6-13)22-27-17-10-9-15(11-19(17)28-22)23(30)31-12-20(29)26-18-4-2-3-16(24)21(18)25/h2-11H,12H2,1H3,(H,26,29)(H,27,28). The Balaban J connectivity index is 1.43. The molecule has 0 aliphatic rings. The number of H-pyrrole nitrogens is 1. The molecule has 4 aromatic rings. The molecule has 2 N–H and O–H groups in total. The van der Waals surface area contributed by atoms with Gasteiger partial charge in [-0.25, -0.2) is 9.78 Å². The molecule has 1 heterocycles. The number of hydrogen-bond acceptors (Lipinski definition) is 4. The molecule has 0 fully saturated rings. The van der Waals surface area contributed by atoms with Crippen molar-refractivity contribution in [3.8, 4) is 11.4 Å². The molecule has 0 aliphatic carbocycles. The maximum atomic E-state index is 12.4. The first kappa shape index (κ1) is 20.9. The Hall–Kier alpha value is -3.35. The Morgan fingerprint density at radius 3 is 2.61 bits per heavy atom. The van der Waals surface area contributed by atoms with Crippen LogP contribution in [0.5, 0.6) is 0 Å². The number of carbonyl (C=O) groups excluding carboxylic acids is 2. The molecule has 0 spiro atoms. The van der Waals surface area contributed by atoms with Gasteiger partial charge in [-0.1, -0.05) is 59.1 Å². The monoisotopic (exact) mass is 453 g/mol. The topological polar surface area (TPSA) is 84.1 Å². The van der Waals surface area contributed by atoms with Crippen LogP contribution in [0.25, 0.3) is 22.4 Å². The van der Waals surface area contributed by atoms with E-state index in [2.05, 4.69) is 15.3 Å². The third-order valence-electron chi connectivity index (χ3n) is 4.60. The van der Waals surface area contributed by atoms with Crippen molar-refractivity contribution in [3.05, 3.63) is 81.8 Å². The molecule has 0 atom stereocenters. The first-order chi connectivity index (χ1) is 14.9. The number of aromatic nitrogens is 2. The minimum absolute atomic E-state index is 0.220. The number of benzene rings is 3. The van der Waals surface area contributed by atoms with Crippen molar-refractivity contribution in [2.24, 2.45) is 0 Å². The predicted octanol–water partition coefficient (Wildman–Crippen LogP) is 5.64. The van der Waals surface area contributed by atoms with Gasteiger partial charge in [0.15, 0.2) is 6.61 Å². The third-order valence-corrected chi connectivity index (χ3v) is 5.42. The highest BCUT2D eigenvalue weighted by Crippen LogP contribution is 2.29. The second-order valence-corrected chi connectivity index (χ2v) is 7.69. The summed E-state index contributed by atoms with van der Waals surface area (Å²) in [5, 5.41) is 3.10. The van der Waals surface area contributed by atoms with Crippen molar-refractivity contribution < 1.29 is 14.3 Å². The number of anilines is 1. The fourth-order valence-corrected chi connectivity index (χ4v) is 3.33. The van der Waals surface area contributed by atoms with Crippen molar-refractivity contribution >= 4 is 51.8 Å². The molecule has 0 saturated heterocycles. The summed E-state index contributed by atoms with van der Waals surface area (Å²) in [5.41, 5.74) is 4.17. The highest BCUT2D eigenvalue weighted by molar-refractivity contribution is 6.44. The average molecular weight is 454 g/mol. The lowest BCUT2D eigenvalue weighted by molar-refractivity contribution is -0.119. The summed E-state index contributed by atoms with van der Waals surface area (Å²) < 4.78 is 5.12. The number of halogens is 2. The number of imidazole rings is 1. The van der Waals surface area contributed by atoms with Gasteiger partial charge in [0.05, 0.1) is 32.3 Å². The number of rotatable bonds is 5. The number of aromatic amines is 1. The van der Waals surface area contributed by atoms with Crippen LogP contribution in [0.1, 0.15) is 15.9 Å². The van der Waals surface area contributed by atoms with Crippen molar-refractivity contribution in [3.63, 3.8) is 0 Å². The Morgan fingerprint density at radius 1 is 1.06 bits per heavy atom. The highest BCUT2D eigenvalue weighted by atomic mass is 35.5. The van der Waals surface area contributed by atoms with Gasteiger partial charge in [-0.2, -0.15) is 0 Å². The number of carbonyl (C=O) groups is 2. The summed E-state index contributed by atoms with van der Waals surface area (Å²) in [6.45, 7) is 1.56. The van der Waals surface area contributed by atoms with Gasteiger partial charge in [0.25, 0.3) is 5.91 Å². The lowest BCUT2D eigenvalue weighted by atomic mass is 10.1. The number of ether oxygens (including phenoxy) is 1. The predicted molar refractivity (Wildman–Crippen MR) is 122 cm³/mol. The van der Waals surface area contributed by atoms with E-state index in [9.17, 15) is 9.59 Å². The molecule has 0 saturated carbocycles. The summed E-state index contributed by atoms with van der Waals surface area (Å²) in [6.07, 6.45) is 0. The number of hydrogen-bond donors (Lipinski definition) is 2. The maximum absolute atomic E-state index is 12.4. The second-order valence-electron chi connectivity index (χ2n) is 6.91. The summed E-state index contributed by atoms with van der Waals surface area (Å²) in [5.74, 6) is -0.444. The van der Waals surface area contributed by atoms with Crippen LogP contribution in [0.2, 0.25) is 10.0 Å². The number of nitrogens with one attached hydrogen (secondary N) is 2. The SMILES string of the molecule is Cc1ccc(-c2nc3ccc(C(=O)OCC(=O)Nc4cccc(Cl)c4Cl)cc3[nH]2)cc1. The molecular formula is C23H17Cl2N3O3. The van der Waals surface area contributed by atoms with E-state index < -0.39 is 18.5 Å².